The van der Waals surface area contributed by atoms with E-state index in [9.17, 15) is 13.2 Å². The van der Waals surface area contributed by atoms with Crippen LogP contribution in [-0.2, 0) is 9.84 Å². The first-order valence-corrected chi connectivity index (χ1v) is 8.91. The highest BCUT2D eigenvalue weighted by Crippen LogP contribution is 2.22. The molecule has 0 amide bonds. The topological polar surface area (TPSA) is 74.7 Å². The molecule has 1 saturated heterocycles. The summed E-state index contributed by atoms with van der Waals surface area (Å²) in [6.45, 7) is 2.86. The molecule has 0 spiro atoms. The zero-order valence-corrected chi connectivity index (χ0v) is 13.2. The number of hydrogen-bond donors (Lipinski definition) is 1. The van der Waals surface area contributed by atoms with E-state index in [1.807, 2.05) is 0 Å². The summed E-state index contributed by atoms with van der Waals surface area (Å²) in [6, 6.07) is 3.76. The molecular formula is C14H18ClNO4S. The Morgan fingerprint density at radius 1 is 1.29 bits per heavy atom. The number of aromatic carboxylic acids is 1. The molecule has 7 heteroatoms. The van der Waals surface area contributed by atoms with E-state index in [2.05, 4.69) is 4.90 Å². The third kappa shape index (κ3) is 4.18. The predicted molar refractivity (Wildman–Crippen MR) is 80.8 cm³/mol. The molecule has 1 aliphatic heterocycles. The average Bonchev–Trinajstić information content (AvgIpc) is 2.91. The second-order valence-electron chi connectivity index (χ2n) is 5.17. The zero-order chi connectivity index (χ0) is 15.5. The van der Waals surface area contributed by atoms with Gasteiger partial charge in [0.25, 0.3) is 0 Å². The highest BCUT2D eigenvalue weighted by atomic mass is 35.5. The third-order valence-corrected chi connectivity index (χ3v) is 5.73. The largest absolute Gasteiger partial charge is 0.478 e. The van der Waals surface area contributed by atoms with Crippen LogP contribution in [0.1, 0.15) is 29.6 Å². The third-order valence-electron chi connectivity index (χ3n) is 3.62. The van der Waals surface area contributed by atoms with Gasteiger partial charge in [-0.25, -0.2) is 13.2 Å². The molecule has 1 fully saturated rings. The van der Waals surface area contributed by atoms with E-state index >= 15 is 0 Å². The van der Waals surface area contributed by atoms with Crippen LogP contribution < -0.4 is 0 Å². The maximum atomic E-state index is 12.2. The SMILES string of the molecule is O=C(O)c1ccc(S(=O)(=O)CCCN2CCCC2)cc1Cl. The molecule has 1 aromatic rings. The Morgan fingerprint density at radius 2 is 1.95 bits per heavy atom. The molecule has 1 N–H and O–H groups in total. The Morgan fingerprint density at radius 3 is 2.52 bits per heavy atom. The van der Waals surface area contributed by atoms with Crippen molar-refractivity contribution in [3.8, 4) is 0 Å². The molecule has 5 nitrogen and oxygen atoms in total. The van der Waals surface area contributed by atoms with Crippen LogP contribution in [0.2, 0.25) is 5.02 Å². The summed E-state index contributed by atoms with van der Waals surface area (Å²) in [4.78, 5) is 13.2. The Kier molecular flexibility index (Phi) is 5.24. The Labute approximate surface area is 129 Å². The molecular weight excluding hydrogens is 314 g/mol. The number of likely N-dealkylation sites (tertiary alicyclic amines) is 1. The summed E-state index contributed by atoms with van der Waals surface area (Å²) in [5.74, 6) is -1.12. The summed E-state index contributed by atoms with van der Waals surface area (Å²) in [5.41, 5.74) is -0.0901. The van der Waals surface area contributed by atoms with Gasteiger partial charge in [0.1, 0.15) is 0 Å². The molecule has 1 aromatic carbocycles. The lowest BCUT2D eigenvalue weighted by atomic mass is 10.2. The van der Waals surface area contributed by atoms with Crippen molar-refractivity contribution < 1.29 is 18.3 Å². The number of carboxylic acid groups (broad SMARTS) is 1. The number of hydrogen-bond acceptors (Lipinski definition) is 4. The number of carboxylic acids is 1. The minimum absolute atomic E-state index is 0.0479. The molecule has 21 heavy (non-hydrogen) atoms. The number of rotatable bonds is 6. The maximum absolute atomic E-state index is 12.2. The lowest BCUT2D eigenvalue weighted by Crippen LogP contribution is -2.22. The number of sulfone groups is 1. The van der Waals surface area contributed by atoms with Crippen LogP contribution in [-0.4, -0.2) is 49.8 Å². The molecule has 116 valence electrons. The van der Waals surface area contributed by atoms with Gasteiger partial charge in [-0.2, -0.15) is 0 Å². The van der Waals surface area contributed by atoms with Gasteiger partial charge >= 0.3 is 5.97 Å². The minimum atomic E-state index is -3.42. The normalized spacial score (nSPS) is 16.2. The Hall–Kier alpha value is -1.11. The summed E-state index contributed by atoms with van der Waals surface area (Å²) in [6.07, 6.45) is 2.93. The lowest BCUT2D eigenvalue weighted by Gasteiger charge is -2.14. The fraction of sp³-hybridized carbons (Fsp3) is 0.500. The summed E-state index contributed by atoms with van der Waals surface area (Å²) in [7, 11) is -3.42. The van der Waals surface area contributed by atoms with Gasteiger partial charge in [0, 0.05) is 0 Å². The van der Waals surface area contributed by atoms with E-state index in [-0.39, 0.29) is 21.2 Å². The predicted octanol–water partition coefficient (Wildman–Crippen LogP) is 2.30. The van der Waals surface area contributed by atoms with Gasteiger partial charge in [-0.05, 0) is 57.1 Å². The van der Waals surface area contributed by atoms with Crippen LogP contribution in [0.5, 0.6) is 0 Å². The van der Waals surface area contributed by atoms with Crippen LogP contribution in [0.3, 0.4) is 0 Å². The van der Waals surface area contributed by atoms with Crippen LogP contribution in [0, 0.1) is 0 Å². The maximum Gasteiger partial charge on any atom is 0.337 e. The van der Waals surface area contributed by atoms with Gasteiger partial charge in [0.05, 0.1) is 21.2 Å². The van der Waals surface area contributed by atoms with Crippen LogP contribution in [0.15, 0.2) is 23.1 Å². The van der Waals surface area contributed by atoms with Crippen molar-refractivity contribution in [2.45, 2.75) is 24.2 Å². The van der Waals surface area contributed by atoms with Crippen molar-refractivity contribution in [1.82, 2.24) is 4.90 Å². The summed E-state index contributed by atoms with van der Waals surface area (Å²) >= 11 is 5.81. The van der Waals surface area contributed by atoms with Crippen molar-refractivity contribution >= 4 is 27.4 Å². The van der Waals surface area contributed by atoms with Crippen molar-refractivity contribution in [1.29, 1.82) is 0 Å². The van der Waals surface area contributed by atoms with Gasteiger partial charge in [-0.15, -0.1) is 0 Å². The van der Waals surface area contributed by atoms with Gasteiger partial charge in [-0.3, -0.25) is 0 Å². The highest BCUT2D eigenvalue weighted by molar-refractivity contribution is 7.91. The highest BCUT2D eigenvalue weighted by Gasteiger charge is 2.19. The van der Waals surface area contributed by atoms with E-state index in [1.54, 1.807) is 0 Å². The molecule has 1 heterocycles. The Balaban J connectivity index is 2.01. The molecule has 1 aliphatic rings. The van der Waals surface area contributed by atoms with Crippen LogP contribution in [0.25, 0.3) is 0 Å². The molecule has 0 atom stereocenters. The van der Waals surface area contributed by atoms with E-state index in [1.165, 1.54) is 31.0 Å². The first-order valence-electron chi connectivity index (χ1n) is 6.88. The number of nitrogens with zero attached hydrogens (tertiary/aromatic N) is 1. The molecule has 0 radical (unpaired) electrons. The molecule has 0 aliphatic carbocycles. The molecule has 2 rings (SSSR count). The van der Waals surface area contributed by atoms with Gasteiger partial charge in [0.2, 0.25) is 0 Å². The zero-order valence-electron chi connectivity index (χ0n) is 11.6. The van der Waals surface area contributed by atoms with Crippen molar-refractivity contribution in [2.75, 3.05) is 25.4 Å². The first kappa shape index (κ1) is 16.3. The average molecular weight is 332 g/mol. The lowest BCUT2D eigenvalue weighted by molar-refractivity contribution is 0.0697. The molecule has 0 saturated carbocycles. The van der Waals surface area contributed by atoms with Gasteiger partial charge in [-0.1, -0.05) is 11.6 Å². The first-order chi connectivity index (χ1) is 9.90. The monoisotopic (exact) mass is 331 g/mol. The second-order valence-corrected chi connectivity index (χ2v) is 7.68. The van der Waals surface area contributed by atoms with Gasteiger partial charge < -0.3 is 10.0 Å². The summed E-state index contributed by atoms with van der Waals surface area (Å²) in [5, 5.41) is 8.83. The fourth-order valence-corrected chi connectivity index (χ4v) is 4.11. The van der Waals surface area contributed by atoms with Crippen LogP contribution >= 0.6 is 11.6 Å². The Bertz CT molecular complexity index is 624. The quantitative estimate of drug-likeness (QED) is 0.865. The number of benzene rings is 1. The molecule has 0 bridgehead atoms. The number of halogens is 1. The van der Waals surface area contributed by atoms with E-state index in [0.717, 1.165) is 19.6 Å². The van der Waals surface area contributed by atoms with Crippen molar-refractivity contribution in [3.63, 3.8) is 0 Å². The number of carbonyl (C=O) groups is 1. The molecule has 0 aromatic heterocycles. The summed E-state index contributed by atoms with van der Waals surface area (Å²) < 4.78 is 24.4. The molecule has 0 unspecified atom stereocenters. The second kappa shape index (κ2) is 6.77. The van der Waals surface area contributed by atoms with E-state index in [0.29, 0.717) is 6.42 Å². The van der Waals surface area contributed by atoms with Crippen LogP contribution in [0.4, 0.5) is 0 Å². The fourth-order valence-electron chi connectivity index (χ4n) is 2.46. The van der Waals surface area contributed by atoms with Crippen molar-refractivity contribution in [2.24, 2.45) is 0 Å². The standard InChI is InChI=1S/C14H18ClNO4S/c15-13-10-11(4-5-12(13)14(17)18)21(19,20)9-3-8-16-6-1-2-7-16/h4-5,10H,1-3,6-9H2,(H,17,18). The smallest absolute Gasteiger partial charge is 0.337 e. The van der Waals surface area contributed by atoms with E-state index < -0.39 is 15.8 Å². The van der Waals surface area contributed by atoms with E-state index in [4.69, 9.17) is 16.7 Å². The minimum Gasteiger partial charge on any atom is -0.478 e. The van der Waals surface area contributed by atoms with Gasteiger partial charge in [0.15, 0.2) is 9.84 Å². The van der Waals surface area contributed by atoms with Crippen molar-refractivity contribution in [3.05, 3.63) is 28.8 Å².